The fraction of sp³-hybridized carbons (Fsp3) is 1.00. The fourth-order valence-electron chi connectivity index (χ4n) is 1.46. The van der Waals surface area contributed by atoms with Gasteiger partial charge in [0.15, 0.2) is 0 Å². The molecule has 0 unspecified atom stereocenters. The van der Waals surface area contributed by atoms with Crippen LogP contribution in [0, 0.1) is 11.3 Å². The lowest BCUT2D eigenvalue weighted by Gasteiger charge is -2.28. The standard InChI is InChI=1S/C8H17NO/c1-8(2,3)6-4-10-5-7(6)9/h6-7H,4-5,9H2,1-3H3/t6-,7-/m0/s1. The zero-order valence-corrected chi connectivity index (χ0v) is 7.05. The van der Waals surface area contributed by atoms with Gasteiger partial charge >= 0.3 is 0 Å². The van der Waals surface area contributed by atoms with Crippen LogP contribution in [0.25, 0.3) is 0 Å². The first-order valence-corrected chi connectivity index (χ1v) is 3.85. The molecule has 2 nitrogen and oxygen atoms in total. The van der Waals surface area contributed by atoms with E-state index in [4.69, 9.17) is 10.5 Å². The largest absolute Gasteiger partial charge is 0.379 e. The summed E-state index contributed by atoms with van der Waals surface area (Å²) in [7, 11) is 0. The smallest absolute Gasteiger partial charge is 0.0621 e. The number of hydrogen-bond acceptors (Lipinski definition) is 2. The molecule has 1 aliphatic heterocycles. The number of nitrogens with two attached hydrogens (primary N) is 1. The van der Waals surface area contributed by atoms with Gasteiger partial charge in [0.1, 0.15) is 0 Å². The van der Waals surface area contributed by atoms with Gasteiger partial charge in [-0.25, -0.2) is 0 Å². The van der Waals surface area contributed by atoms with Crippen molar-refractivity contribution in [1.29, 1.82) is 0 Å². The molecule has 0 radical (unpaired) electrons. The van der Waals surface area contributed by atoms with E-state index in [1.807, 2.05) is 0 Å². The van der Waals surface area contributed by atoms with Gasteiger partial charge in [-0.15, -0.1) is 0 Å². The summed E-state index contributed by atoms with van der Waals surface area (Å²) in [5.74, 6) is 0.535. The molecule has 2 atom stereocenters. The highest BCUT2D eigenvalue weighted by atomic mass is 16.5. The number of rotatable bonds is 0. The lowest BCUT2D eigenvalue weighted by atomic mass is 9.78. The Kier molecular flexibility index (Phi) is 2.02. The first-order valence-electron chi connectivity index (χ1n) is 3.85. The Labute approximate surface area is 62.7 Å². The molecule has 60 valence electrons. The second-order valence-electron chi connectivity index (χ2n) is 4.17. The Morgan fingerprint density at radius 1 is 1.30 bits per heavy atom. The van der Waals surface area contributed by atoms with E-state index in [2.05, 4.69) is 20.8 Å². The summed E-state index contributed by atoms with van der Waals surface area (Å²) in [6, 6.07) is 0.250. The molecule has 1 aliphatic rings. The zero-order valence-electron chi connectivity index (χ0n) is 7.05. The van der Waals surface area contributed by atoms with Crippen molar-refractivity contribution in [3.8, 4) is 0 Å². The molecule has 10 heavy (non-hydrogen) atoms. The van der Waals surface area contributed by atoms with Crippen molar-refractivity contribution in [1.82, 2.24) is 0 Å². The van der Waals surface area contributed by atoms with Gasteiger partial charge in [-0.3, -0.25) is 0 Å². The first-order chi connectivity index (χ1) is 4.52. The molecule has 0 spiro atoms. The average Bonchev–Trinajstić information content (AvgIpc) is 2.11. The van der Waals surface area contributed by atoms with Gasteiger partial charge in [-0.1, -0.05) is 20.8 Å². The maximum atomic E-state index is 5.84. The maximum Gasteiger partial charge on any atom is 0.0621 e. The van der Waals surface area contributed by atoms with Crippen LogP contribution in [0.3, 0.4) is 0 Å². The molecule has 1 rings (SSSR count). The van der Waals surface area contributed by atoms with Crippen LogP contribution in [-0.4, -0.2) is 19.3 Å². The number of hydrogen-bond donors (Lipinski definition) is 1. The van der Waals surface area contributed by atoms with Gasteiger partial charge in [0.2, 0.25) is 0 Å². The van der Waals surface area contributed by atoms with Crippen molar-refractivity contribution in [3.05, 3.63) is 0 Å². The van der Waals surface area contributed by atoms with Crippen LogP contribution in [0.4, 0.5) is 0 Å². The Balaban J connectivity index is 2.55. The van der Waals surface area contributed by atoms with Crippen LogP contribution in [0.15, 0.2) is 0 Å². The van der Waals surface area contributed by atoms with Gasteiger partial charge in [-0.2, -0.15) is 0 Å². The van der Waals surface area contributed by atoms with Crippen LogP contribution in [0.1, 0.15) is 20.8 Å². The minimum atomic E-state index is 0.250. The van der Waals surface area contributed by atoms with E-state index < -0.39 is 0 Å². The van der Waals surface area contributed by atoms with Gasteiger partial charge in [0.05, 0.1) is 13.2 Å². The van der Waals surface area contributed by atoms with Gasteiger partial charge in [0.25, 0.3) is 0 Å². The van der Waals surface area contributed by atoms with Crippen molar-refractivity contribution >= 4 is 0 Å². The van der Waals surface area contributed by atoms with E-state index in [1.54, 1.807) is 0 Å². The third kappa shape index (κ3) is 1.50. The Bertz CT molecular complexity index is 117. The minimum absolute atomic E-state index is 0.250. The average molecular weight is 143 g/mol. The third-order valence-electron chi connectivity index (χ3n) is 2.24. The SMILES string of the molecule is CC(C)(C)[C@H]1COC[C@@H]1N. The van der Waals surface area contributed by atoms with Crippen LogP contribution in [-0.2, 0) is 4.74 Å². The molecule has 0 saturated carbocycles. The van der Waals surface area contributed by atoms with Crippen LogP contribution in [0.2, 0.25) is 0 Å². The minimum Gasteiger partial charge on any atom is -0.379 e. The van der Waals surface area contributed by atoms with Crippen molar-refractivity contribution < 1.29 is 4.74 Å². The summed E-state index contributed by atoms with van der Waals surface area (Å²) in [4.78, 5) is 0. The lowest BCUT2D eigenvalue weighted by Crippen LogP contribution is -2.36. The summed E-state index contributed by atoms with van der Waals surface area (Å²) >= 11 is 0. The van der Waals surface area contributed by atoms with Crippen molar-refractivity contribution in [3.63, 3.8) is 0 Å². The third-order valence-corrected chi connectivity index (χ3v) is 2.24. The predicted octanol–water partition coefficient (Wildman–Crippen LogP) is 1.01. The highest BCUT2D eigenvalue weighted by molar-refractivity contribution is 4.86. The molecule has 0 aliphatic carbocycles. The van der Waals surface area contributed by atoms with Crippen molar-refractivity contribution in [2.45, 2.75) is 26.8 Å². The number of ether oxygens (including phenoxy) is 1. The first kappa shape index (κ1) is 8.02. The topological polar surface area (TPSA) is 35.2 Å². The quantitative estimate of drug-likeness (QED) is 0.549. The van der Waals surface area contributed by atoms with E-state index in [0.717, 1.165) is 13.2 Å². The second kappa shape index (κ2) is 2.51. The predicted molar refractivity (Wildman–Crippen MR) is 41.7 cm³/mol. The Hall–Kier alpha value is -0.0800. The Morgan fingerprint density at radius 3 is 2.10 bits per heavy atom. The fourth-order valence-corrected chi connectivity index (χ4v) is 1.46. The van der Waals surface area contributed by atoms with Crippen molar-refractivity contribution in [2.75, 3.05) is 13.2 Å². The summed E-state index contributed by atoms with van der Waals surface area (Å²) in [5.41, 5.74) is 6.14. The summed E-state index contributed by atoms with van der Waals surface area (Å²) < 4.78 is 5.27. The van der Waals surface area contributed by atoms with E-state index in [-0.39, 0.29) is 6.04 Å². The van der Waals surface area contributed by atoms with Crippen molar-refractivity contribution in [2.24, 2.45) is 17.1 Å². The van der Waals surface area contributed by atoms with Crippen LogP contribution >= 0.6 is 0 Å². The van der Waals surface area contributed by atoms with Crippen LogP contribution in [0.5, 0.6) is 0 Å². The monoisotopic (exact) mass is 143 g/mol. The molecule has 0 bridgehead atoms. The van der Waals surface area contributed by atoms with Crippen LogP contribution < -0.4 is 5.73 Å². The van der Waals surface area contributed by atoms with E-state index in [1.165, 1.54) is 0 Å². The molecular formula is C8H17NO. The zero-order chi connectivity index (χ0) is 7.78. The van der Waals surface area contributed by atoms with Gasteiger partial charge in [-0.05, 0) is 5.41 Å². The highest BCUT2D eigenvalue weighted by Gasteiger charge is 2.34. The Morgan fingerprint density at radius 2 is 1.90 bits per heavy atom. The summed E-state index contributed by atoms with van der Waals surface area (Å²) in [5, 5.41) is 0. The molecule has 0 amide bonds. The molecule has 2 heteroatoms. The molecule has 1 saturated heterocycles. The highest BCUT2D eigenvalue weighted by Crippen LogP contribution is 2.31. The van der Waals surface area contributed by atoms with Gasteiger partial charge < -0.3 is 10.5 Å². The molecule has 1 heterocycles. The molecular weight excluding hydrogens is 126 g/mol. The molecule has 0 aromatic carbocycles. The lowest BCUT2D eigenvalue weighted by molar-refractivity contribution is 0.152. The maximum absolute atomic E-state index is 5.84. The van der Waals surface area contributed by atoms with Gasteiger partial charge in [0, 0.05) is 12.0 Å². The summed E-state index contributed by atoms with van der Waals surface area (Å²) in [6.45, 7) is 8.22. The molecule has 2 N–H and O–H groups in total. The van der Waals surface area contributed by atoms with E-state index in [0.29, 0.717) is 11.3 Å². The second-order valence-corrected chi connectivity index (χ2v) is 4.17. The van der Waals surface area contributed by atoms with E-state index >= 15 is 0 Å². The molecule has 0 aromatic heterocycles. The molecule has 1 fully saturated rings. The normalized spacial score (nSPS) is 34.8. The molecule has 0 aromatic rings. The summed E-state index contributed by atoms with van der Waals surface area (Å²) in [6.07, 6.45) is 0. The van der Waals surface area contributed by atoms with E-state index in [9.17, 15) is 0 Å².